The number of nitrogens with one attached hydrogen (secondary N) is 1. The van der Waals surface area contributed by atoms with Gasteiger partial charge in [-0.25, -0.2) is 0 Å². The van der Waals surface area contributed by atoms with Crippen molar-refractivity contribution in [1.82, 2.24) is 15.1 Å². The lowest BCUT2D eigenvalue weighted by molar-refractivity contribution is -0.143. The highest BCUT2D eigenvalue weighted by Gasteiger charge is 2.53. The third kappa shape index (κ3) is 4.66. The van der Waals surface area contributed by atoms with Crippen LogP contribution in [0.3, 0.4) is 0 Å². The summed E-state index contributed by atoms with van der Waals surface area (Å²) < 4.78 is 11.2. The normalized spacial score (nSPS) is 23.1. The maximum atomic E-state index is 13.2. The molecule has 9 nitrogen and oxygen atoms in total. The quantitative estimate of drug-likeness (QED) is 0.447. The van der Waals surface area contributed by atoms with Crippen LogP contribution in [0.25, 0.3) is 0 Å². The van der Waals surface area contributed by atoms with E-state index in [2.05, 4.69) is 5.32 Å². The van der Waals surface area contributed by atoms with Crippen molar-refractivity contribution in [2.24, 2.45) is 0 Å². The lowest BCUT2D eigenvalue weighted by Gasteiger charge is -2.46. The van der Waals surface area contributed by atoms with Gasteiger partial charge in [0, 0.05) is 24.2 Å². The Morgan fingerprint density at radius 3 is 2.43 bits per heavy atom. The minimum atomic E-state index is -1.90. The molecule has 12 heteroatoms. The molecule has 1 N–H and O–H groups in total. The standard InChI is InChI=1S/C25H22B3N3O6/c26-24(27)14-25(28,23(35)29-22(24)34)31-11-18-17(21(31)33)2-1-3-19(18)37-12-16-6-4-15(5-7-16)10-30-8-9-36-13-20(30)32/h1-7H,8-14H2,(H,29,34,35). The van der Waals surface area contributed by atoms with Gasteiger partial charge in [0.05, 0.1) is 34.3 Å². The Hall–Kier alpha value is -3.53. The number of amides is 4. The molecule has 0 aliphatic carbocycles. The first kappa shape index (κ1) is 25.1. The van der Waals surface area contributed by atoms with Crippen molar-refractivity contribution in [3.8, 4) is 5.75 Å². The molecule has 2 fully saturated rings. The van der Waals surface area contributed by atoms with Crippen LogP contribution >= 0.6 is 0 Å². The first-order valence-electron chi connectivity index (χ1n) is 11.8. The number of fused-ring (bicyclic) bond motifs is 1. The van der Waals surface area contributed by atoms with Gasteiger partial charge in [0.2, 0.25) is 17.7 Å². The summed E-state index contributed by atoms with van der Waals surface area (Å²) in [6.07, 6.45) is -0.428. The fraction of sp³-hybridized carbons (Fsp3) is 0.360. The van der Waals surface area contributed by atoms with Gasteiger partial charge in [0.25, 0.3) is 5.91 Å². The van der Waals surface area contributed by atoms with E-state index in [1.807, 2.05) is 24.3 Å². The fourth-order valence-electron chi connectivity index (χ4n) is 4.75. The Bertz CT molecular complexity index is 1280. The molecule has 0 bridgehead atoms. The van der Waals surface area contributed by atoms with E-state index in [0.717, 1.165) is 11.1 Å². The van der Waals surface area contributed by atoms with E-state index >= 15 is 0 Å². The molecule has 1 unspecified atom stereocenters. The van der Waals surface area contributed by atoms with Crippen molar-refractivity contribution < 1.29 is 28.7 Å². The van der Waals surface area contributed by atoms with Crippen LogP contribution in [-0.4, -0.2) is 82.2 Å². The van der Waals surface area contributed by atoms with Crippen molar-refractivity contribution in [3.05, 3.63) is 64.7 Å². The van der Waals surface area contributed by atoms with E-state index < -0.39 is 34.8 Å². The van der Waals surface area contributed by atoms with Crippen LogP contribution in [0.2, 0.25) is 5.21 Å². The number of carbonyl (C=O) groups excluding carboxylic acids is 4. The van der Waals surface area contributed by atoms with E-state index in [1.54, 1.807) is 23.1 Å². The second kappa shape index (κ2) is 9.41. The Kier molecular flexibility index (Phi) is 6.39. The Morgan fingerprint density at radius 2 is 1.70 bits per heavy atom. The van der Waals surface area contributed by atoms with Crippen LogP contribution in [0.15, 0.2) is 42.5 Å². The van der Waals surface area contributed by atoms with Gasteiger partial charge in [0.15, 0.2) is 0 Å². The number of rotatable bonds is 6. The number of morpholine rings is 1. The monoisotopic (exact) mass is 493 g/mol. The summed E-state index contributed by atoms with van der Waals surface area (Å²) in [6.45, 7) is 1.95. The van der Waals surface area contributed by atoms with Crippen LogP contribution in [0.4, 0.5) is 0 Å². The summed E-state index contributed by atoms with van der Waals surface area (Å²) in [5.74, 6) is -1.73. The largest absolute Gasteiger partial charge is 0.489 e. The molecule has 6 radical (unpaired) electrons. The molecule has 3 aliphatic rings. The summed E-state index contributed by atoms with van der Waals surface area (Å²) in [7, 11) is 18.0. The van der Waals surface area contributed by atoms with Crippen molar-refractivity contribution in [2.45, 2.75) is 36.8 Å². The molecular weight excluding hydrogens is 471 g/mol. The Balaban J connectivity index is 1.28. The number of hydrogen-bond acceptors (Lipinski definition) is 6. The van der Waals surface area contributed by atoms with Crippen LogP contribution in [-0.2, 0) is 38.8 Å². The number of carbonyl (C=O) groups is 4. The van der Waals surface area contributed by atoms with Crippen LogP contribution < -0.4 is 10.1 Å². The van der Waals surface area contributed by atoms with Crippen molar-refractivity contribution in [3.63, 3.8) is 0 Å². The Labute approximate surface area is 218 Å². The fourth-order valence-corrected chi connectivity index (χ4v) is 4.75. The van der Waals surface area contributed by atoms with E-state index in [0.29, 0.717) is 36.6 Å². The summed E-state index contributed by atoms with van der Waals surface area (Å²) >= 11 is 0. The third-order valence-corrected chi connectivity index (χ3v) is 6.89. The zero-order valence-electron chi connectivity index (χ0n) is 20.1. The van der Waals surface area contributed by atoms with E-state index in [4.69, 9.17) is 33.0 Å². The highest BCUT2D eigenvalue weighted by atomic mass is 16.5. The minimum absolute atomic E-state index is 0.00888. The lowest BCUT2D eigenvalue weighted by Crippen LogP contribution is -2.67. The maximum Gasteiger partial charge on any atom is 0.254 e. The van der Waals surface area contributed by atoms with Crippen molar-refractivity contribution in [2.75, 3.05) is 19.8 Å². The first-order valence-corrected chi connectivity index (χ1v) is 11.8. The van der Waals surface area contributed by atoms with Gasteiger partial charge in [-0.05, 0) is 34.9 Å². The lowest BCUT2D eigenvalue weighted by atomic mass is 9.45. The molecular formula is C25H22B3N3O6. The molecule has 2 aromatic carbocycles. The highest BCUT2D eigenvalue weighted by molar-refractivity contribution is 6.53. The second-order valence-corrected chi connectivity index (χ2v) is 9.57. The number of nitrogens with zero attached hydrogens (tertiary/aromatic N) is 2. The van der Waals surface area contributed by atoms with Gasteiger partial charge in [-0.15, -0.1) is 0 Å². The molecule has 3 aliphatic heterocycles. The number of imide groups is 1. The van der Waals surface area contributed by atoms with Gasteiger partial charge in [-0.2, -0.15) is 0 Å². The molecule has 2 saturated heterocycles. The van der Waals surface area contributed by atoms with Crippen molar-refractivity contribution in [1.29, 1.82) is 0 Å². The maximum absolute atomic E-state index is 13.2. The highest BCUT2D eigenvalue weighted by Crippen LogP contribution is 2.41. The molecule has 0 aromatic heterocycles. The smallest absolute Gasteiger partial charge is 0.254 e. The van der Waals surface area contributed by atoms with Gasteiger partial charge < -0.3 is 19.3 Å². The van der Waals surface area contributed by atoms with Gasteiger partial charge in [0.1, 0.15) is 26.8 Å². The third-order valence-electron chi connectivity index (χ3n) is 6.89. The number of hydrogen-bond donors (Lipinski definition) is 1. The molecule has 3 heterocycles. The summed E-state index contributed by atoms with van der Waals surface area (Å²) in [4.78, 5) is 52.7. The molecule has 37 heavy (non-hydrogen) atoms. The van der Waals surface area contributed by atoms with Crippen LogP contribution in [0.5, 0.6) is 5.75 Å². The molecule has 2 aromatic rings. The zero-order chi connectivity index (χ0) is 26.4. The van der Waals surface area contributed by atoms with Gasteiger partial charge >= 0.3 is 0 Å². The number of piperidine rings is 1. The molecule has 1 atom stereocenters. The predicted octanol–water partition coefficient (Wildman–Crippen LogP) is -0.0553. The molecule has 182 valence electrons. The topological polar surface area (TPSA) is 105 Å². The SMILES string of the molecule is [B]C1([B])CC([B])(N2Cc3c(OCc4ccc(CN5CCOCC5=O)cc4)cccc3C2=O)C(=O)NC1=O. The first-order chi connectivity index (χ1) is 17.6. The van der Waals surface area contributed by atoms with Crippen LogP contribution in [0, 0.1) is 0 Å². The molecule has 0 spiro atoms. The second-order valence-electron chi connectivity index (χ2n) is 9.57. The van der Waals surface area contributed by atoms with E-state index in [1.165, 1.54) is 4.90 Å². The Morgan fingerprint density at radius 1 is 0.973 bits per heavy atom. The molecule has 0 saturated carbocycles. The average molecular weight is 493 g/mol. The average Bonchev–Trinajstić information content (AvgIpc) is 3.21. The predicted molar refractivity (Wildman–Crippen MR) is 134 cm³/mol. The van der Waals surface area contributed by atoms with Gasteiger partial charge in [-0.3, -0.25) is 24.5 Å². The van der Waals surface area contributed by atoms with Crippen molar-refractivity contribution >= 4 is 47.2 Å². The number of benzene rings is 2. The summed E-state index contributed by atoms with van der Waals surface area (Å²) in [5.41, 5.74) is 0.908. The summed E-state index contributed by atoms with van der Waals surface area (Å²) in [6, 6.07) is 12.8. The van der Waals surface area contributed by atoms with E-state index in [9.17, 15) is 19.2 Å². The molecule has 4 amide bonds. The van der Waals surface area contributed by atoms with Crippen LogP contribution in [0.1, 0.15) is 33.5 Å². The van der Waals surface area contributed by atoms with E-state index in [-0.39, 0.29) is 25.7 Å². The van der Waals surface area contributed by atoms with Gasteiger partial charge in [-0.1, -0.05) is 30.3 Å². The minimum Gasteiger partial charge on any atom is -0.489 e. The number of ether oxygens (including phenoxy) is 2. The molecule has 5 rings (SSSR count). The summed E-state index contributed by atoms with van der Waals surface area (Å²) in [5, 5.41) is 0.168. The zero-order valence-corrected chi connectivity index (χ0v) is 20.1.